The number of carbonyl (C=O) groups is 2. The zero-order chi connectivity index (χ0) is 26.8. The van der Waals surface area contributed by atoms with E-state index in [1.54, 1.807) is 18.2 Å². The summed E-state index contributed by atoms with van der Waals surface area (Å²) in [6.45, 7) is 4.16. The van der Waals surface area contributed by atoms with Crippen molar-refractivity contribution in [2.24, 2.45) is 16.6 Å². The first-order chi connectivity index (χ1) is 17.8. The highest BCUT2D eigenvalue weighted by Gasteiger charge is 2.29. The van der Waals surface area contributed by atoms with Gasteiger partial charge in [-0.15, -0.1) is 5.10 Å². The summed E-state index contributed by atoms with van der Waals surface area (Å²) < 4.78 is 10.5. The molecule has 12 heteroatoms. The standard InChI is InChI=1S/C25H32N8O4/c1-16(2)12-19(23(35)33(25-29-31-32-30-25)15-17-8-6-5-7-9-17)27-24(26)28-22(34)14-18-10-11-20(36-3)21(13-18)37-4/h5-11,13,16,19H,12,14-15H2,1-4H3,(H3,26,27,28,34)(H,29,30,31,32)/t19-/m1/s1. The molecular formula is C25H32N8O4. The summed E-state index contributed by atoms with van der Waals surface area (Å²) in [7, 11) is 3.06. The van der Waals surface area contributed by atoms with E-state index in [4.69, 9.17) is 15.2 Å². The number of benzene rings is 2. The third kappa shape index (κ3) is 7.75. The van der Waals surface area contributed by atoms with Crippen LogP contribution in [0.5, 0.6) is 11.5 Å². The van der Waals surface area contributed by atoms with Crippen LogP contribution in [0, 0.1) is 5.92 Å². The molecule has 196 valence electrons. The molecule has 1 atom stereocenters. The number of nitrogens with two attached hydrogens (primary N) is 1. The van der Waals surface area contributed by atoms with E-state index < -0.39 is 6.04 Å². The van der Waals surface area contributed by atoms with E-state index in [0.29, 0.717) is 23.5 Å². The Morgan fingerprint density at radius 2 is 1.81 bits per heavy atom. The van der Waals surface area contributed by atoms with Gasteiger partial charge in [0.1, 0.15) is 6.04 Å². The number of anilines is 1. The minimum atomic E-state index is -0.872. The van der Waals surface area contributed by atoms with Crippen LogP contribution in [-0.2, 0) is 22.6 Å². The lowest BCUT2D eigenvalue weighted by atomic mass is 10.0. The third-order valence-corrected chi connectivity index (χ3v) is 5.38. The van der Waals surface area contributed by atoms with E-state index in [9.17, 15) is 9.59 Å². The number of nitrogens with one attached hydrogen (secondary N) is 2. The molecule has 2 amide bonds. The second kappa shape index (κ2) is 13.0. The first kappa shape index (κ1) is 27.1. The maximum atomic E-state index is 13.6. The van der Waals surface area contributed by atoms with E-state index in [-0.39, 0.29) is 42.6 Å². The van der Waals surface area contributed by atoms with E-state index in [0.717, 1.165) is 5.56 Å². The number of aliphatic imine (C=N–C) groups is 1. The first-order valence-corrected chi connectivity index (χ1v) is 11.7. The lowest BCUT2D eigenvalue weighted by molar-refractivity contribution is -0.121. The van der Waals surface area contributed by atoms with Crippen LogP contribution in [-0.4, -0.2) is 58.7 Å². The molecule has 0 radical (unpaired) electrons. The lowest BCUT2D eigenvalue weighted by Gasteiger charge is -2.24. The third-order valence-electron chi connectivity index (χ3n) is 5.38. The summed E-state index contributed by atoms with van der Waals surface area (Å²) in [5.41, 5.74) is 7.65. The number of amides is 2. The quantitative estimate of drug-likeness (QED) is 0.261. The zero-order valence-electron chi connectivity index (χ0n) is 21.3. The number of carbonyl (C=O) groups excluding carboxylic acids is 2. The van der Waals surface area contributed by atoms with E-state index in [1.807, 2.05) is 44.2 Å². The number of aromatic nitrogens is 4. The number of nitrogens with zero attached hydrogens (tertiary/aromatic N) is 5. The fourth-order valence-electron chi connectivity index (χ4n) is 3.68. The van der Waals surface area contributed by atoms with Gasteiger partial charge in [0.2, 0.25) is 5.91 Å². The number of guanidine groups is 1. The number of aromatic amines is 1. The maximum Gasteiger partial charge on any atom is 0.272 e. The SMILES string of the molecule is COc1ccc(CC(=O)NC(N)=N[C@H](CC(C)C)C(=O)N(Cc2ccccc2)c2nn[nH]n2)cc1OC. The summed E-state index contributed by atoms with van der Waals surface area (Å²) in [5, 5.41) is 16.5. The predicted octanol–water partition coefficient (Wildman–Crippen LogP) is 1.84. The predicted molar refractivity (Wildman–Crippen MR) is 138 cm³/mol. The van der Waals surface area contributed by atoms with Gasteiger partial charge < -0.3 is 15.2 Å². The fourth-order valence-corrected chi connectivity index (χ4v) is 3.68. The number of rotatable bonds is 11. The molecule has 0 unspecified atom stereocenters. The number of tetrazole rings is 1. The van der Waals surface area contributed by atoms with Gasteiger partial charge in [-0.3, -0.25) is 19.8 Å². The van der Waals surface area contributed by atoms with Crippen molar-refractivity contribution in [3.8, 4) is 11.5 Å². The Bertz CT molecular complexity index is 1200. The van der Waals surface area contributed by atoms with Crippen molar-refractivity contribution in [1.29, 1.82) is 0 Å². The monoisotopic (exact) mass is 508 g/mol. The van der Waals surface area contributed by atoms with Crippen molar-refractivity contribution < 1.29 is 19.1 Å². The molecule has 3 rings (SSSR count). The molecule has 0 saturated carbocycles. The van der Waals surface area contributed by atoms with Crippen LogP contribution in [0.2, 0.25) is 0 Å². The van der Waals surface area contributed by atoms with Crippen molar-refractivity contribution >= 4 is 23.7 Å². The summed E-state index contributed by atoms with van der Waals surface area (Å²) in [6, 6.07) is 13.7. The highest BCUT2D eigenvalue weighted by molar-refractivity contribution is 6.00. The van der Waals surface area contributed by atoms with E-state index in [1.165, 1.54) is 19.1 Å². The molecule has 4 N–H and O–H groups in total. The van der Waals surface area contributed by atoms with E-state index in [2.05, 4.69) is 30.9 Å². The summed E-state index contributed by atoms with van der Waals surface area (Å²) >= 11 is 0. The average molecular weight is 509 g/mol. The van der Waals surface area contributed by atoms with Crippen molar-refractivity contribution in [2.75, 3.05) is 19.1 Å². The largest absolute Gasteiger partial charge is 0.493 e. The average Bonchev–Trinajstić information content (AvgIpc) is 3.41. The molecule has 0 aliphatic rings. The second-order valence-electron chi connectivity index (χ2n) is 8.70. The molecular weight excluding hydrogens is 476 g/mol. The molecule has 0 aliphatic carbocycles. The molecule has 1 aromatic heterocycles. The van der Waals surface area contributed by atoms with Crippen LogP contribution in [0.3, 0.4) is 0 Å². The zero-order valence-corrected chi connectivity index (χ0v) is 21.3. The Kier molecular flexibility index (Phi) is 9.53. The van der Waals surface area contributed by atoms with Gasteiger partial charge in [-0.2, -0.15) is 5.21 Å². The number of ether oxygens (including phenoxy) is 2. The molecule has 0 saturated heterocycles. The summed E-state index contributed by atoms with van der Waals surface area (Å²) in [4.78, 5) is 32.0. The minimum absolute atomic E-state index is 0.0301. The maximum absolute atomic E-state index is 13.6. The Balaban J connectivity index is 1.77. The number of H-pyrrole nitrogens is 1. The number of methoxy groups -OCH3 is 2. The molecule has 12 nitrogen and oxygen atoms in total. The van der Waals surface area contributed by atoms with Crippen LogP contribution < -0.4 is 25.4 Å². The fraction of sp³-hybridized carbons (Fsp3) is 0.360. The molecule has 0 spiro atoms. The normalized spacial score (nSPS) is 12.2. The molecule has 1 heterocycles. The van der Waals surface area contributed by atoms with Crippen molar-refractivity contribution in [3.63, 3.8) is 0 Å². The first-order valence-electron chi connectivity index (χ1n) is 11.7. The van der Waals surface area contributed by atoms with Crippen LogP contribution >= 0.6 is 0 Å². The summed E-state index contributed by atoms with van der Waals surface area (Å²) in [6.07, 6.45) is 0.427. The molecule has 0 fully saturated rings. The van der Waals surface area contributed by atoms with Gasteiger partial charge in [0.05, 0.1) is 27.2 Å². The van der Waals surface area contributed by atoms with Gasteiger partial charge in [-0.1, -0.05) is 55.3 Å². The Morgan fingerprint density at radius 1 is 1.08 bits per heavy atom. The van der Waals surface area contributed by atoms with Gasteiger partial charge in [0, 0.05) is 0 Å². The Hall–Kier alpha value is -4.48. The van der Waals surface area contributed by atoms with Gasteiger partial charge in [0.15, 0.2) is 17.5 Å². The number of hydrogen-bond acceptors (Lipinski definition) is 8. The van der Waals surface area contributed by atoms with Crippen LogP contribution in [0.15, 0.2) is 53.5 Å². The van der Waals surface area contributed by atoms with Crippen LogP contribution in [0.25, 0.3) is 0 Å². The number of hydrogen-bond donors (Lipinski definition) is 3. The van der Waals surface area contributed by atoms with Gasteiger partial charge in [0.25, 0.3) is 11.9 Å². The second-order valence-corrected chi connectivity index (χ2v) is 8.70. The summed E-state index contributed by atoms with van der Waals surface area (Å²) in [5.74, 6) is 0.406. The van der Waals surface area contributed by atoms with Gasteiger partial charge in [-0.05, 0) is 40.8 Å². The smallest absolute Gasteiger partial charge is 0.272 e. The van der Waals surface area contributed by atoms with Crippen molar-refractivity contribution in [2.45, 2.75) is 39.3 Å². The van der Waals surface area contributed by atoms with Gasteiger partial charge in [-0.25, -0.2) is 4.99 Å². The van der Waals surface area contributed by atoms with Crippen LogP contribution in [0.4, 0.5) is 5.95 Å². The molecule has 3 aromatic rings. The highest BCUT2D eigenvalue weighted by Crippen LogP contribution is 2.27. The molecule has 0 bridgehead atoms. The molecule has 0 aliphatic heterocycles. The lowest BCUT2D eigenvalue weighted by Crippen LogP contribution is -2.43. The Morgan fingerprint density at radius 3 is 2.43 bits per heavy atom. The minimum Gasteiger partial charge on any atom is -0.493 e. The Labute approximate surface area is 215 Å². The van der Waals surface area contributed by atoms with E-state index >= 15 is 0 Å². The van der Waals surface area contributed by atoms with Crippen LogP contribution in [0.1, 0.15) is 31.4 Å². The van der Waals surface area contributed by atoms with Gasteiger partial charge >= 0.3 is 0 Å². The topological polar surface area (TPSA) is 161 Å². The van der Waals surface area contributed by atoms with Crippen molar-refractivity contribution in [1.82, 2.24) is 25.9 Å². The molecule has 37 heavy (non-hydrogen) atoms. The highest BCUT2D eigenvalue weighted by atomic mass is 16.5. The molecule has 2 aromatic carbocycles. The van der Waals surface area contributed by atoms with Crippen molar-refractivity contribution in [3.05, 3.63) is 59.7 Å².